The quantitative estimate of drug-likeness (QED) is 0.798. The molecule has 0 aliphatic carbocycles. The predicted octanol–water partition coefficient (Wildman–Crippen LogP) is 2.09. The summed E-state index contributed by atoms with van der Waals surface area (Å²) in [5, 5.41) is 11.8. The number of rotatable bonds is 2. The van der Waals surface area contributed by atoms with Crippen LogP contribution in [0.4, 0.5) is 11.5 Å². The first-order valence-electron chi connectivity index (χ1n) is 4.42. The lowest BCUT2D eigenvalue weighted by molar-refractivity contribution is 1.20. The van der Waals surface area contributed by atoms with Gasteiger partial charge in [0.1, 0.15) is 5.82 Å². The Morgan fingerprint density at radius 2 is 2.20 bits per heavy atom. The highest BCUT2D eigenvalue weighted by molar-refractivity contribution is 5.57. The van der Waals surface area contributed by atoms with Gasteiger partial charge in [-0.1, -0.05) is 6.07 Å². The zero-order chi connectivity index (χ0) is 10.5. The van der Waals surface area contributed by atoms with E-state index in [4.69, 9.17) is 5.26 Å². The second-order valence-corrected chi connectivity index (χ2v) is 2.91. The molecule has 72 valence electrons. The smallest absolute Gasteiger partial charge is 0.148 e. The molecule has 1 heterocycles. The standard InChI is InChI=1S/C11H8N4/c12-7-9-2-1-3-10(6-9)15-11-8-13-4-5-14-11/h1-6,8H,(H,14,15). The molecular weight excluding hydrogens is 188 g/mol. The molecule has 0 aliphatic heterocycles. The summed E-state index contributed by atoms with van der Waals surface area (Å²) in [5.41, 5.74) is 1.44. The van der Waals surface area contributed by atoms with Gasteiger partial charge in [-0.05, 0) is 18.2 Å². The van der Waals surface area contributed by atoms with Crippen molar-refractivity contribution in [2.45, 2.75) is 0 Å². The van der Waals surface area contributed by atoms with Gasteiger partial charge < -0.3 is 5.32 Å². The molecule has 4 heteroatoms. The van der Waals surface area contributed by atoms with E-state index < -0.39 is 0 Å². The fraction of sp³-hybridized carbons (Fsp3) is 0. The van der Waals surface area contributed by atoms with Gasteiger partial charge in [-0.15, -0.1) is 0 Å². The molecule has 1 N–H and O–H groups in total. The Morgan fingerprint density at radius 3 is 2.93 bits per heavy atom. The van der Waals surface area contributed by atoms with Crippen LogP contribution in [0, 0.1) is 11.3 Å². The number of nitrogens with zero attached hydrogens (tertiary/aromatic N) is 3. The molecule has 4 nitrogen and oxygen atoms in total. The minimum Gasteiger partial charge on any atom is -0.339 e. The summed E-state index contributed by atoms with van der Waals surface area (Å²) in [6.45, 7) is 0. The average molecular weight is 196 g/mol. The van der Waals surface area contributed by atoms with Crippen molar-refractivity contribution >= 4 is 11.5 Å². The molecule has 0 amide bonds. The lowest BCUT2D eigenvalue weighted by Gasteiger charge is -2.03. The van der Waals surface area contributed by atoms with Crippen molar-refractivity contribution in [3.63, 3.8) is 0 Å². The van der Waals surface area contributed by atoms with Crippen LogP contribution < -0.4 is 5.32 Å². The van der Waals surface area contributed by atoms with Gasteiger partial charge in [0.2, 0.25) is 0 Å². The highest BCUT2D eigenvalue weighted by atomic mass is 15.0. The van der Waals surface area contributed by atoms with Gasteiger partial charge in [0.05, 0.1) is 17.8 Å². The molecule has 0 unspecified atom stereocenters. The number of aromatic nitrogens is 2. The third-order valence-electron chi connectivity index (χ3n) is 1.83. The van der Waals surface area contributed by atoms with Gasteiger partial charge in [0.15, 0.2) is 0 Å². The third-order valence-corrected chi connectivity index (χ3v) is 1.83. The van der Waals surface area contributed by atoms with E-state index in [9.17, 15) is 0 Å². The van der Waals surface area contributed by atoms with E-state index in [0.717, 1.165) is 5.69 Å². The van der Waals surface area contributed by atoms with Gasteiger partial charge in [0, 0.05) is 18.1 Å². The van der Waals surface area contributed by atoms with Crippen LogP contribution in [0.25, 0.3) is 0 Å². The maximum Gasteiger partial charge on any atom is 0.148 e. The Kier molecular flexibility index (Phi) is 2.56. The summed E-state index contributed by atoms with van der Waals surface area (Å²) in [6, 6.07) is 9.27. The molecule has 0 radical (unpaired) electrons. The first kappa shape index (κ1) is 9.16. The van der Waals surface area contributed by atoms with Crippen LogP contribution in [0.5, 0.6) is 0 Å². The number of nitrogens with one attached hydrogen (secondary N) is 1. The number of benzene rings is 1. The number of hydrogen-bond acceptors (Lipinski definition) is 4. The highest BCUT2D eigenvalue weighted by Crippen LogP contribution is 2.14. The van der Waals surface area contributed by atoms with Crippen molar-refractivity contribution in [3.8, 4) is 6.07 Å². The summed E-state index contributed by atoms with van der Waals surface area (Å²) in [7, 11) is 0. The third kappa shape index (κ3) is 2.29. The van der Waals surface area contributed by atoms with Crippen LogP contribution in [0.1, 0.15) is 5.56 Å². The molecular formula is C11H8N4. The summed E-state index contributed by atoms with van der Waals surface area (Å²) < 4.78 is 0. The molecule has 0 fully saturated rings. The van der Waals surface area contributed by atoms with Crippen LogP contribution in [0.3, 0.4) is 0 Å². The molecule has 0 saturated carbocycles. The maximum atomic E-state index is 8.72. The van der Waals surface area contributed by atoms with Crippen LogP contribution in [-0.4, -0.2) is 9.97 Å². The minimum atomic E-state index is 0.615. The van der Waals surface area contributed by atoms with Gasteiger partial charge in [0.25, 0.3) is 0 Å². The molecule has 0 aliphatic rings. The highest BCUT2D eigenvalue weighted by Gasteiger charge is 1.96. The number of hydrogen-bond donors (Lipinski definition) is 1. The van der Waals surface area contributed by atoms with Crippen LogP contribution in [0.2, 0.25) is 0 Å². The van der Waals surface area contributed by atoms with Gasteiger partial charge >= 0.3 is 0 Å². The van der Waals surface area contributed by atoms with E-state index >= 15 is 0 Å². The van der Waals surface area contributed by atoms with Crippen molar-refractivity contribution < 1.29 is 0 Å². The second kappa shape index (κ2) is 4.20. The zero-order valence-electron chi connectivity index (χ0n) is 7.88. The fourth-order valence-corrected chi connectivity index (χ4v) is 1.18. The van der Waals surface area contributed by atoms with E-state index in [2.05, 4.69) is 21.4 Å². The van der Waals surface area contributed by atoms with Crippen molar-refractivity contribution in [2.24, 2.45) is 0 Å². The first-order chi connectivity index (χ1) is 7.38. The Morgan fingerprint density at radius 1 is 1.27 bits per heavy atom. The predicted molar refractivity (Wildman–Crippen MR) is 56.5 cm³/mol. The van der Waals surface area contributed by atoms with Crippen LogP contribution >= 0.6 is 0 Å². The lowest BCUT2D eigenvalue weighted by atomic mass is 10.2. The number of nitriles is 1. The summed E-state index contributed by atoms with van der Waals surface area (Å²) >= 11 is 0. The molecule has 1 aromatic heterocycles. The SMILES string of the molecule is N#Cc1cccc(Nc2cnccn2)c1. The van der Waals surface area contributed by atoms with Crippen molar-refractivity contribution in [1.82, 2.24) is 9.97 Å². The molecule has 2 aromatic rings. The lowest BCUT2D eigenvalue weighted by Crippen LogP contribution is -1.93. The van der Waals surface area contributed by atoms with Crippen LogP contribution in [-0.2, 0) is 0 Å². The molecule has 0 bridgehead atoms. The summed E-state index contributed by atoms with van der Waals surface area (Å²) in [4.78, 5) is 8.01. The van der Waals surface area contributed by atoms with E-state index in [1.807, 2.05) is 12.1 Å². The Labute approximate surface area is 87.2 Å². The van der Waals surface area contributed by atoms with E-state index in [0.29, 0.717) is 11.4 Å². The monoisotopic (exact) mass is 196 g/mol. The van der Waals surface area contributed by atoms with Gasteiger partial charge in [-0.3, -0.25) is 4.98 Å². The fourth-order valence-electron chi connectivity index (χ4n) is 1.18. The number of anilines is 2. The van der Waals surface area contributed by atoms with E-state index in [-0.39, 0.29) is 0 Å². The van der Waals surface area contributed by atoms with Gasteiger partial charge in [-0.25, -0.2) is 4.98 Å². The first-order valence-corrected chi connectivity index (χ1v) is 4.42. The molecule has 0 spiro atoms. The normalized spacial score (nSPS) is 9.27. The van der Waals surface area contributed by atoms with Crippen LogP contribution in [0.15, 0.2) is 42.9 Å². The Hall–Kier alpha value is -2.41. The topological polar surface area (TPSA) is 61.6 Å². The zero-order valence-corrected chi connectivity index (χ0v) is 7.88. The summed E-state index contributed by atoms with van der Waals surface area (Å²) in [6.07, 6.45) is 4.84. The Bertz CT molecular complexity index is 487. The van der Waals surface area contributed by atoms with Crippen molar-refractivity contribution in [3.05, 3.63) is 48.4 Å². The summed E-state index contributed by atoms with van der Waals surface area (Å²) in [5.74, 6) is 0.660. The molecule has 1 aromatic carbocycles. The van der Waals surface area contributed by atoms with Crippen molar-refractivity contribution in [2.75, 3.05) is 5.32 Å². The molecule has 0 saturated heterocycles. The largest absolute Gasteiger partial charge is 0.339 e. The average Bonchev–Trinajstić information content (AvgIpc) is 2.31. The maximum absolute atomic E-state index is 8.72. The minimum absolute atomic E-state index is 0.615. The Balaban J connectivity index is 2.22. The van der Waals surface area contributed by atoms with E-state index in [1.165, 1.54) is 0 Å². The van der Waals surface area contributed by atoms with Gasteiger partial charge in [-0.2, -0.15) is 5.26 Å². The second-order valence-electron chi connectivity index (χ2n) is 2.91. The van der Waals surface area contributed by atoms with E-state index in [1.54, 1.807) is 30.7 Å². The molecule has 2 rings (SSSR count). The molecule has 0 atom stereocenters. The molecule has 15 heavy (non-hydrogen) atoms. The van der Waals surface area contributed by atoms with Crippen molar-refractivity contribution in [1.29, 1.82) is 5.26 Å².